The molecule has 36 heavy (non-hydrogen) atoms. The fraction of sp³-hybridized carbons (Fsp3) is 0.280. The largest absolute Gasteiger partial charge is 0.474 e. The van der Waals surface area contributed by atoms with Crippen LogP contribution < -0.4 is 4.74 Å². The highest BCUT2D eigenvalue weighted by Gasteiger charge is 2.41. The maximum absolute atomic E-state index is 13.2. The number of hydrogen-bond donors (Lipinski definition) is 0. The molecule has 1 saturated heterocycles. The highest BCUT2D eigenvalue weighted by molar-refractivity contribution is 6.42. The number of carbonyl (C=O) groups is 1. The van der Waals surface area contributed by atoms with Gasteiger partial charge in [-0.05, 0) is 42.8 Å². The third-order valence-electron chi connectivity index (χ3n) is 6.10. The van der Waals surface area contributed by atoms with Gasteiger partial charge in [0.15, 0.2) is 0 Å². The van der Waals surface area contributed by atoms with E-state index in [0.717, 1.165) is 23.9 Å². The molecule has 4 rings (SSSR count). The van der Waals surface area contributed by atoms with Crippen LogP contribution in [0.4, 0.5) is 13.2 Å². The monoisotopic (exact) mass is 534 g/mol. The van der Waals surface area contributed by atoms with Gasteiger partial charge in [-0.25, -0.2) is 4.98 Å². The lowest BCUT2D eigenvalue weighted by Gasteiger charge is -2.25. The number of aromatic nitrogens is 2. The van der Waals surface area contributed by atoms with Crippen LogP contribution in [0.2, 0.25) is 10.0 Å². The molecule has 3 aromatic rings. The summed E-state index contributed by atoms with van der Waals surface area (Å²) in [6.45, 7) is 2.42. The molecule has 0 spiro atoms. The Kier molecular flexibility index (Phi) is 7.38. The summed E-state index contributed by atoms with van der Waals surface area (Å²) in [5.74, 6) is -0.510. The van der Waals surface area contributed by atoms with Crippen molar-refractivity contribution in [1.82, 2.24) is 14.9 Å². The molecule has 3 heterocycles. The predicted molar refractivity (Wildman–Crippen MR) is 127 cm³/mol. The van der Waals surface area contributed by atoms with E-state index in [1.807, 2.05) is 19.1 Å². The van der Waals surface area contributed by atoms with E-state index in [1.54, 1.807) is 29.2 Å². The second kappa shape index (κ2) is 10.3. The maximum atomic E-state index is 13.2. The van der Waals surface area contributed by atoms with Crippen LogP contribution >= 0.6 is 23.2 Å². The average Bonchev–Trinajstić information content (AvgIpc) is 3.31. The molecule has 0 radical (unpaired) electrons. The van der Waals surface area contributed by atoms with Crippen LogP contribution in [0.1, 0.15) is 40.0 Å². The molecule has 3 atom stereocenters. The van der Waals surface area contributed by atoms with E-state index in [-0.39, 0.29) is 30.5 Å². The Labute approximate surface area is 215 Å². The first kappa shape index (κ1) is 25.7. The fourth-order valence-corrected chi connectivity index (χ4v) is 4.54. The average molecular weight is 535 g/mol. The van der Waals surface area contributed by atoms with Crippen LogP contribution in [-0.2, 0) is 6.18 Å². The van der Waals surface area contributed by atoms with Gasteiger partial charge in [-0.2, -0.15) is 18.4 Å². The number of alkyl halides is 3. The highest BCUT2D eigenvalue weighted by Crippen LogP contribution is 2.39. The highest BCUT2D eigenvalue weighted by atomic mass is 35.5. The molecular weight excluding hydrogens is 516 g/mol. The van der Waals surface area contributed by atoms with Gasteiger partial charge in [0.1, 0.15) is 17.9 Å². The number of hydrogen-bond acceptors (Lipinski definition) is 5. The lowest BCUT2D eigenvalue weighted by molar-refractivity contribution is -0.141. The zero-order valence-electron chi connectivity index (χ0n) is 18.8. The van der Waals surface area contributed by atoms with E-state index >= 15 is 0 Å². The smallest absolute Gasteiger partial charge is 0.433 e. The van der Waals surface area contributed by atoms with E-state index in [1.165, 1.54) is 6.20 Å². The molecular formula is C25H19Cl2F3N4O2. The molecule has 1 fully saturated rings. The number of nitrogens with zero attached hydrogens (tertiary/aromatic N) is 4. The molecule has 0 N–H and O–H groups in total. The van der Waals surface area contributed by atoms with E-state index in [0.29, 0.717) is 21.5 Å². The van der Waals surface area contributed by atoms with Gasteiger partial charge in [-0.1, -0.05) is 29.3 Å². The number of nitriles is 1. The molecule has 1 aliphatic heterocycles. The van der Waals surface area contributed by atoms with Gasteiger partial charge in [0, 0.05) is 43.4 Å². The predicted octanol–water partition coefficient (Wildman–Crippen LogP) is 6.00. The Morgan fingerprint density at radius 1 is 1.11 bits per heavy atom. The number of amides is 1. The topological polar surface area (TPSA) is 79.1 Å². The number of carbonyl (C=O) groups excluding carboxylic acids is 1. The van der Waals surface area contributed by atoms with Gasteiger partial charge < -0.3 is 9.64 Å². The Morgan fingerprint density at radius 2 is 1.89 bits per heavy atom. The zero-order valence-corrected chi connectivity index (χ0v) is 20.3. The quantitative estimate of drug-likeness (QED) is 0.401. The molecule has 3 unspecified atom stereocenters. The lowest BCUT2D eigenvalue weighted by atomic mass is 9.86. The van der Waals surface area contributed by atoms with Crippen LogP contribution in [0.25, 0.3) is 0 Å². The summed E-state index contributed by atoms with van der Waals surface area (Å²) < 4.78 is 44.6. The standard InChI is InChI=1S/C25H19Cl2F3N4O2/c1-14(36-23-7-2-15(9-31)10-33-23)18-12-34(13-19(18)16-3-5-20(26)21(27)8-16)24(35)17-4-6-22(32-11-17)25(28,29)30/h2-8,10-11,14,18-19H,12-13H2,1H3. The number of benzene rings is 1. The number of pyridine rings is 2. The Hall–Kier alpha value is -3.35. The number of likely N-dealkylation sites (tertiary alicyclic amines) is 1. The van der Waals surface area contributed by atoms with E-state index in [2.05, 4.69) is 9.97 Å². The molecule has 1 aliphatic rings. The van der Waals surface area contributed by atoms with Crippen LogP contribution in [-0.4, -0.2) is 40.0 Å². The van der Waals surface area contributed by atoms with Gasteiger partial charge in [0.2, 0.25) is 5.88 Å². The minimum absolute atomic E-state index is 0.0545. The SMILES string of the molecule is CC(Oc1ccc(C#N)cn1)C1CN(C(=O)c2ccc(C(F)(F)F)nc2)CC1c1ccc(Cl)c(Cl)c1. The first-order chi connectivity index (χ1) is 17.1. The van der Waals surface area contributed by atoms with Crippen molar-refractivity contribution in [2.75, 3.05) is 13.1 Å². The molecule has 1 aromatic carbocycles. The molecule has 0 bridgehead atoms. The third-order valence-corrected chi connectivity index (χ3v) is 6.84. The number of ether oxygens (including phenoxy) is 1. The fourth-order valence-electron chi connectivity index (χ4n) is 4.23. The summed E-state index contributed by atoms with van der Waals surface area (Å²) in [7, 11) is 0. The first-order valence-corrected chi connectivity index (χ1v) is 11.6. The normalized spacial score (nSPS) is 18.5. The molecule has 1 amide bonds. The van der Waals surface area contributed by atoms with E-state index < -0.39 is 23.9 Å². The van der Waals surface area contributed by atoms with Crippen molar-refractivity contribution in [3.63, 3.8) is 0 Å². The van der Waals surface area contributed by atoms with Crippen molar-refractivity contribution in [2.24, 2.45) is 5.92 Å². The Morgan fingerprint density at radius 3 is 2.47 bits per heavy atom. The van der Waals surface area contributed by atoms with Gasteiger partial charge in [-0.15, -0.1) is 0 Å². The second-order valence-electron chi connectivity index (χ2n) is 8.40. The minimum atomic E-state index is -4.59. The first-order valence-electron chi connectivity index (χ1n) is 10.9. The van der Waals surface area contributed by atoms with Gasteiger partial charge in [0.25, 0.3) is 5.91 Å². The Balaban J connectivity index is 1.59. The zero-order chi connectivity index (χ0) is 26.0. The minimum Gasteiger partial charge on any atom is -0.474 e. The lowest BCUT2D eigenvalue weighted by Crippen LogP contribution is -2.32. The van der Waals surface area contributed by atoms with Crippen molar-refractivity contribution in [3.8, 4) is 11.9 Å². The van der Waals surface area contributed by atoms with E-state index in [4.69, 9.17) is 33.2 Å². The van der Waals surface area contributed by atoms with Crippen molar-refractivity contribution in [1.29, 1.82) is 5.26 Å². The molecule has 0 saturated carbocycles. The van der Waals surface area contributed by atoms with Crippen LogP contribution in [0, 0.1) is 17.2 Å². The molecule has 11 heteroatoms. The van der Waals surface area contributed by atoms with E-state index in [9.17, 15) is 18.0 Å². The molecule has 6 nitrogen and oxygen atoms in total. The summed E-state index contributed by atoms with van der Waals surface area (Å²) in [5, 5.41) is 9.73. The van der Waals surface area contributed by atoms with Crippen LogP contribution in [0.15, 0.2) is 54.9 Å². The second-order valence-corrected chi connectivity index (χ2v) is 9.22. The maximum Gasteiger partial charge on any atom is 0.433 e. The summed E-state index contributed by atoms with van der Waals surface area (Å²) in [5.41, 5.74) is 0.229. The number of rotatable bonds is 5. The molecule has 2 aromatic heterocycles. The number of halogens is 5. The van der Waals surface area contributed by atoms with Crippen molar-refractivity contribution in [3.05, 3.63) is 87.3 Å². The van der Waals surface area contributed by atoms with Crippen LogP contribution in [0.5, 0.6) is 5.88 Å². The van der Waals surface area contributed by atoms with Crippen molar-refractivity contribution >= 4 is 29.1 Å². The van der Waals surface area contributed by atoms with Crippen molar-refractivity contribution in [2.45, 2.75) is 25.1 Å². The summed E-state index contributed by atoms with van der Waals surface area (Å²) in [6.07, 6.45) is -2.66. The van der Waals surface area contributed by atoms with Gasteiger partial charge in [0.05, 0.1) is 21.2 Å². The molecule has 186 valence electrons. The van der Waals surface area contributed by atoms with Crippen molar-refractivity contribution < 1.29 is 22.7 Å². The Bertz CT molecular complexity index is 1290. The van der Waals surface area contributed by atoms with Gasteiger partial charge in [-0.3, -0.25) is 9.78 Å². The third kappa shape index (κ3) is 5.55. The summed E-state index contributed by atoms with van der Waals surface area (Å²) in [4.78, 5) is 22.3. The van der Waals surface area contributed by atoms with Gasteiger partial charge >= 0.3 is 6.18 Å². The molecule has 0 aliphatic carbocycles. The summed E-state index contributed by atoms with van der Waals surface area (Å²) in [6, 6.07) is 12.3. The van der Waals surface area contributed by atoms with Crippen LogP contribution in [0.3, 0.4) is 0 Å². The summed E-state index contributed by atoms with van der Waals surface area (Å²) >= 11 is 12.3.